The smallest absolute Gasteiger partial charge is 0.293 e. The van der Waals surface area contributed by atoms with Crippen LogP contribution in [0.4, 0.5) is 0 Å². The lowest BCUT2D eigenvalue weighted by molar-refractivity contribution is 0.750. The Balaban J connectivity index is 0.000000213. The lowest BCUT2D eigenvalue weighted by Gasteiger charge is -1.82. The molecule has 0 fully saturated rings. The van der Waals surface area contributed by atoms with Gasteiger partial charge in [0.1, 0.15) is 6.33 Å². The van der Waals surface area contributed by atoms with Crippen molar-refractivity contribution in [2.24, 2.45) is 11.5 Å². The number of nitrogens with one attached hydrogen (secondary N) is 2. The van der Waals surface area contributed by atoms with Gasteiger partial charge in [0.2, 0.25) is 0 Å². The van der Waals surface area contributed by atoms with Crippen LogP contribution in [0.1, 0.15) is 0 Å². The average molecular weight is 197 g/mol. The highest BCUT2D eigenvalue weighted by Gasteiger charge is 1.99. The van der Waals surface area contributed by atoms with Crippen molar-refractivity contribution in [2.45, 2.75) is 0 Å². The van der Waals surface area contributed by atoms with E-state index in [0.29, 0.717) is 5.95 Å². The monoisotopic (exact) mass is 197 g/mol. The Morgan fingerprint density at radius 1 is 1.50 bits per heavy atom. The fraction of sp³-hybridized carbons (Fsp3) is 0. The number of guanidine groups is 1. The van der Waals surface area contributed by atoms with E-state index in [4.69, 9.17) is 5.41 Å². The lowest BCUT2D eigenvalue weighted by Crippen LogP contribution is -2.20. The Labute approximate surface area is 77.0 Å². The van der Waals surface area contributed by atoms with Gasteiger partial charge in [-0.1, -0.05) is 5.10 Å². The molecule has 0 atom stereocenters. The van der Waals surface area contributed by atoms with Crippen LogP contribution in [0.15, 0.2) is 6.33 Å². The number of H-pyrrole nitrogens is 1. The summed E-state index contributed by atoms with van der Waals surface area (Å²) in [6, 6.07) is 0. The van der Waals surface area contributed by atoms with Crippen molar-refractivity contribution in [1.29, 1.82) is 5.41 Å². The topological polar surface area (TPSA) is 174 Å². The quantitative estimate of drug-likeness (QED) is 0.276. The van der Waals surface area contributed by atoms with E-state index in [1.165, 1.54) is 11.0 Å². The number of tetrazole rings is 2. The van der Waals surface area contributed by atoms with Crippen molar-refractivity contribution < 1.29 is 0 Å². The van der Waals surface area contributed by atoms with Gasteiger partial charge in [-0.15, -0.1) is 10.2 Å². The molecule has 2 aromatic rings. The Kier molecular flexibility index (Phi) is 3.01. The molecule has 0 saturated carbocycles. The van der Waals surface area contributed by atoms with Gasteiger partial charge < -0.3 is 11.5 Å². The molecule has 11 heteroatoms. The van der Waals surface area contributed by atoms with Crippen molar-refractivity contribution in [3.05, 3.63) is 6.33 Å². The first kappa shape index (κ1) is 9.50. The van der Waals surface area contributed by atoms with Crippen molar-refractivity contribution in [3.63, 3.8) is 0 Å². The molecule has 0 radical (unpaired) electrons. The molecule has 0 saturated heterocycles. The van der Waals surface area contributed by atoms with Gasteiger partial charge >= 0.3 is 0 Å². The van der Waals surface area contributed by atoms with E-state index in [0.717, 1.165) is 0 Å². The predicted octanol–water partition coefficient (Wildman–Crippen LogP) is -2.99. The molecular weight excluding hydrogens is 190 g/mol. The van der Waals surface area contributed by atoms with E-state index >= 15 is 0 Å². The molecular formula is C3H7N11. The summed E-state index contributed by atoms with van der Waals surface area (Å²) in [6.07, 6.45) is 1.38. The number of nitrogens with two attached hydrogens (primary N) is 2. The summed E-state index contributed by atoms with van der Waals surface area (Å²) in [4.78, 5) is 0. The molecule has 2 heterocycles. The molecule has 0 spiro atoms. The zero-order valence-corrected chi connectivity index (χ0v) is 6.86. The first-order valence-corrected chi connectivity index (χ1v) is 3.26. The summed E-state index contributed by atoms with van der Waals surface area (Å²) in [5.41, 5.74) is 8.94. The molecule has 14 heavy (non-hydrogen) atoms. The van der Waals surface area contributed by atoms with Gasteiger partial charge in [-0.05, 0) is 15.6 Å². The minimum atomic E-state index is -0.333. The van der Waals surface area contributed by atoms with Gasteiger partial charge in [0.15, 0.2) is 5.96 Å². The van der Waals surface area contributed by atoms with E-state index in [9.17, 15) is 0 Å². The molecule has 6 N–H and O–H groups in total. The second-order valence-corrected chi connectivity index (χ2v) is 1.92. The van der Waals surface area contributed by atoms with Crippen molar-refractivity contribution in [1.82, 2.24) is 40.8 Å². The van der Waals surface area contributed by atoms with E-state index in [2.05, 4.69) is 47.6 Å². The normalized spacial score (nSPS) is 8.86. The lowest BCUT2D eigenvalue weighted by atomic mass is 11.0. The summed E-state index contributed by atoms with van der Waals surface area (Å²) in [7, 11) is 0. The maximum absolute atomic E-state index is 6.06. The Bertz CT molecular complexity index is 321. The van der Waals surface area contributed by atoms with Crippen LogP contribution in [0.3, 0.4) is 0 Å². The minimum Gasteiger partial charge on any atom is -0.370 e. The fourth-order valence-corrected chi connectivity index (χ4v) is 0.507. The van der Waals surface area contributed by atoms with Crippen molar-refractivity contribution >= 4 is 5.96 Å². The molecule has 0 bridgehead atoms. The van der Waals surface area contributed by atoms with Crippen LogP contribution in [0.5, 0.6) is 0 Å². The van der Waals surface area contributed by atoms with Gasteiger partial charge in [-0.3, -0.25) is 5.41 Å². The fourth-order valence-electron chi connectivity index (χ4n) is 0.507. The highest BCUT2D eigenvalue weighted by Crippen LogP contribution is 1.86. The van der Waals surface area contributed by atoms with Gasteiger partial charge in [0, 0.05) is 0 Å². The molecule has 74 valence electrons. The maximum atomic E-state index is 6.06. The van der Waals surface area contributed by atoms with Gasteiger partial charge in [0.05, 0.1) is 0 Å². The summed E-state index contributed by atoms with van der Waals surface area (Å²) < 4.78 is 1.30. The Hall–Kier alpha value is -2.59. The molecule has 0 aliphatic rings. The predicted molar refractivity (Wildman–Crippen MR) is 43.0 cm³/mol. The SMILES string of the molecule is N=C(N)N.c1nnnn1-c1nn[nH]n1. The van der Waals surface area contributed by atoms with Crippen LogP contribution in [0.25, 0.3) is 5.95 Å². The molecule has 0 aromatic carbocycles. The summed E-state index contributed by atoms with van der Waals surface area (Å²) >= 11 is 0. The van der Waals surface area contributed by atoms with Crippen LogP contribution >= 0.6 is 0 Å². The van der Waals surface area contributed by atoms with Crippen LogP contribution < -0.4 is 11.5 Å². The summed E-state index contributed by atoms with van der Waals surface area (Å²) in [6.45, 7) is 0. The molecule has 0 aliphatic heterocycles. The van der Waals surface area contributed by atoms with Crippen LogP contribution in [-0.2, 0) is 0 Å². The molecule has 11 nitrogen and oxygen atoms in total. The molecule has 2 rings (SSSR count). The first-order valence-electron chi connectivity index (χ1n) is 3.26. The van der Waals surface area contributed by atoms with Crippen LogP contribution in [-0.4, -0.2) is 46.8 Å². The number of aromatic amines is 1. The second kappa shape index (κ2) is 4.44. The Morgan fingerprint density at radius 3 is 2.64 bits per heavy atom. The first-order chi connectivity index (χ1) is 6.70. The highest BCUT2D eigenvalue weighted by molar-refractivity contribution is 5.71. The summed E-state index contributed by atoms with van der Waals surface area (Å²) in [5, 5.41) is 29.2. The number of hydrogen-bond donors (Lipinski definition) is 4. The zero-order valence-electron chi connectivity index (χ0n) is 6.86. The largest absolute Gasteiger partial charge is 0.370 e. The van der Waals surface area contributed by atoms with Crippen LogP contribution in [0.2, 0.25) is 0 Å². The van der Waals surface area contributed by atoms with Gasteiger partial charge in [-0.2, -0.15) is 9.90 Å². The molecule has 2 aromatic heterocycles. The zero-order chi connectivity index (χ0) is 10.4. The average Bonchev–Trinajstić information content (AvgIpc) is 2.76. The Morgan fingerprint density at radius 2 is 2.21 bits per heavy atom. The third-order valence-electron chi connectivity index (χ3n) is 0.888. The third kappa shape index (κ3) is 2.80. The van der Waals surface area contributed by atoms with E-state index in [1.807, 2.05) is 0 Å². The number of rotatable bonds is 1. The third-order valence-corrected chi connectivity index (χ3v) is 0.888. The summed E-state index contributed by atoms with van der Waals surface area (Å²) in [5.74, 6) is -0.00926. The second-order valence-electron chi connectivity index (χ2n) is 1.92. The maximum Gasteiger partial charge on any atom is 0.293 e. The van der Waals surface area contributed by atoms with Crippen molar-refractivity contribution in [2.75, 3.05) is 0 Å². The van der Waals surface area contributed by atoms with Gasteiger partial charge in [0.25, 0.3) is 5.95 Å². The van der Waals surface area contributed by atoms with E-state index < -0.39 is 0 Å². The van der Waals surface area contributed by atoms with E-state index in [-0.39, 0.29) is 5.96 Å². The van der Waals surface area contributed by atoms with Crippen molar-refractivity contribution in [3.8, 4) is 5.95 Å². The molecule has 0 unspecified atom stereocenters. The minimum absolute atomic E-state index is 0.324. The van der Waals surface area contributed by atoms with Gasteiger partial charge in [-0.25, -0.2) is 0 Å². The number of hydrogen-bond acceptors (Lipinski definition) is 7. The molecule has 0 amide bonds. The molecule has 0 aliphatic carbocycles. The highest BCUT2D eigenvalue weighted by atomic mass is 15.6. The number of aromatic nitrogens is 8. The number of nitrogens with zero attached hydrogens (tertiary/aromatic N) is 7. The van der Waals surface area contributed by atoms with E-state index in [1.54, 1.807) is 0 Å². The van der Waals surface area contributed by atoms with Crippen LogP contribution in [0, 0.1) is 5.41 Å². The standard InChI is InChI=1S/C2H2N8.CH5N3/c1-3-6-9-10(1)2-4-7-8-5-2;2-1(3)4/h1H,(H,4,5,7,8);(H5,2,3,4).